The summed E-state index contributed by atoms with van der Waals surface area (Å²) in [5, 5.41) is 5.35. The normalized spacial score (nSPS) is 17.0. The molecule has 1 N–H and O–H groups in total. The van der Waals surface area contributed by atoms with Crippen LogP contribution in [0.3, 0.4) is 0 Å². The first kappa shape index (κ1) is 15.5. The number of fused-ring (bicyclic) bond motifs is 1. The zero-order valence-corrected chi connectivity index (χ0v) is 13.8. The molecule has 1 fully saturated rings. The predicted molar refractivity (Wildman–Crippen MR) is 92.5 cm³/mol. The van der Waals surface area contributed by atoms with Crippen molar-refractivity contribution < 1.29 is 0 Å². The van der Waals surface area contributed by atoms with Gasteiger partial charge in [-0.2, -0.15) is 0 Å². The number of hydrogen-bond donors (Lipinski definition) is 1. The summed E-state index contributed by atoms with van der Waals surface area (Å²) in [7, 11) is 0. The molecule has 0 aliphatic carbocycles. The van der Waals surface area contributed by atoms with Crippen molar-refractivity contribution in [2.45, 2.75) is 38.6 Å². The zero-order valence-electron chi connectivity index (χ0n) is 13.1. The van der Waals surface area contributed by atoms with Gasteiger partial charge in [0, 0.05) is 29.5 Å². The Morgan fingerprint density at radius 2 is 2.09 bits per heavy atom. The van der Waals surface area contributed by atoms with Crippen LogP contribution in [0.4, 0.5) is 5.82 Å². The third-order valence-corrected chi connectivity index (χ3v) is 4.59. The van der Waals surface area contributed by atoms with Gasteiger partial charge in [-0.1, -0.05) is 24.9 Å². The van der Waals surface area contributed by atoms with Crippen molar-refractivity contribution in [2.75, 3.05) is 25.0 Å². The van der Waals surface area contributed by atoms with Crippen LogP contribution in [0.5, 0.6) is 0 Å². The first-order valence-electron chi connectivity index (χ1n) is 8.15. The van der Waals surface area contributed by atoms with Crippen LogP contribution in [0.2, 0.25) is 5.02 Å². The molecule has 0 radical (unpaired) electrons. The molecule has 0 atom stereocenters. The number of aromatic nitrogens is 2. The molecule has 0 unspecified atom stereocenters. The summed E-state index contributed by atoms with van der Waals surface area (Å²) >= 11 is 6.03. The summed E-state index contributed by atoms with van der Waals surface area (Å²) in [6.45, 7) is 5.83. The minimum atomic E-state index is 0.492. The second-order valence-electron chi connectivity index (χ2n) is 6.00. The second kappa shape index (κ2) is 7.25. The van der Waals surface area contributed by atoms with Crippen LogP contribution in [0.25, 0.3) is 10.9 Å². The second-order valence-corrected chi connectivity index (χ2v) is 6.43. The van der Waals surface area contributed by atoms with E-state index in [2.05, 4.69) is 27.1 Å². The number of anilines is 1. The lowest BCUT2D eigenvalue weighted by Crippen LogP contribution is -2.39. The highest BCUT2D eigenvalue weighted by atomic mass is 35.5. The molecule has 0 spiro atoms. The van der Waals surface area contributed by atoms with E-state index in [0.717, 1.165) is 16.7 Å². The van der Waals surface area contributed by atoms with Crippen molar-refractivity contribution in [3.63, 3.8) is 0 Å². The van der Waals surface area contributed by atoms with Gasteiger partial charge in [0.15, 0.2) is 0 Å². The maximum Gasteiger partial charge on any atom is 0.137 e. The van der Waals surface area contributed by atoms with Gasteiger partial charge in [-0.15, -0.1) is 0 Å². The van der Waals surface area contributed by atoms with Crippen molar-refractivity contribution in [1.82, 2.24) is 14.9 Å². The molecule has 1 aliphatic heterocycles. The molecule has 22 heavy (non-hydrogen) atoms. The van der Waals surface area contributed by atoms with Gasteiger partial charge < -0.3 is 10.2 Å². The van der Waals surface area contributed by atoms with Crippen LogP contribution in [0.15, 0.2) is 24.5 Å². The molecular formula is C17H23ClN4. The number of halogens is 1. The van der Waals surface area contributed by atoms with Crippen LogP contribution in [0.1, 0.15) is 32.6 Å². The van der Waals surface area contributed by atoms with Crippen LogP contribution in [-0.2, 0) is 0 Å². The van der Waals surface area contributed by atoms with Gasteiger partial charge >= 0.3 is 0 Å². The summed E-state index contributed by atoms with van der Waals surface area (Å²) < 4.78 is 0. The van der Waals surface area contributed by atoms with E-state index in [1.807, 2.05) is 18.2 Å². The van der Waals surface area contributed by atoms with E-state index in [-0.39, 0.29) is 0 Å². The largest absolute Gasteiger partial charge is 0.367 e. The van der Waals surface area contributed by atoms with Crippen LogP contribution in [0, 0.1) is 0 Å². The van der Waals surface area contributed by atoms with Gasteiger partial charge in [0.25, 0.3) is 0 Å². The van der Waals surface area contributed by atoms with Crippen LogP contribution in [-0.4, -0.2) is 40.5 Å². The van der Waals surface area contributed by atoms with E-state index in [0.29, 0.717) is 11.1 Å². The maximum absolute atomic E-state index is 6.03. The molecule has 0 saturated carbocycles. The van der Waals surface area contributed by atoms with E-state index in [4.69, 9.17) is 11.6 Å². The van der Waals surface area contributed by atoms with Gasteiger partial charge in [0.05, 0.1) is 5.52 Å². The van der Waals surface area contributed by atoms with Crippen LogP contribution >= 0.6 is 11.6 Å². The molecule has 0 bridgehead atoms. The first-order chi connectivity index (χ1) is 10.8. The molecule has 1 saturated heterocycles. The molecule has 2 aromatic rings. The van der Waals surface area contributed by atoms with Gasteiger partial charge in [-0.3, -0.25) is 0 Å². The molecule has 1 aromatic carbocycles. The quantitative estimate of drug-likeness (QED) is 0.906. The summed E-state index contributed by atoms with van der Waals surface area (Å²) in [6, 6.07) is 6.27. The van der Waals surface area contributed by atoms with E-state index in [1.54, 1.807) is 6.33 Å². The minimum Gasteiger partial charge on any atom is -0.367 e. The molecule has 2 heterocycles. The SMILES string of the molecule is CCCCN1CCC(Nc2ncnc3cc(Cl)ccc23)CC1. The smallest absolute Gasteiger partial charge is 0.137 e. The molecule has 1 aromatic heterocycles. The lowest BCUT2D eigenvalue weighted by Gasteiger charge is -2.32. The number of nitrogens with zero attached hydrogens (tertiary/aromatic N) is 3. The average molecular weight is 319 g/mol. The number of unbranched alkanes of at least 4 members (excludes halogenated alkanes) is 1. The Morgan fingerprint density at radius 1 is 1.27 bits per heavy atom. The number of benzene rings is 1. The Kier molecular flexibility index (Phi) is 5.11. The fourth-order valence-corrected chi connectivity index (χ4v) is 3.19. The molecule has 0 amide bonds. The lowest BCUT2D eigenvalue weighted by molar-refractivity contribution is 0.216. The third-order valence-electron chi connectivity index (χ3n) is 4.35. The highest BCUT2D eigenvalue weighted by Crippen LogP contribution is 2.24. The number of likely N-dealkylation sites (tertiary alicyclic amines) is 1. The van der Waals surface area contributed by atoms with E-state index in [9.17, 15) is 0 Å². The Bertz CT molecular complexity index is 623. The van der Waals surface area contributed by atoms with Gasteiger partial charge in [0.1, 0.15) is 12.1 Å². The predicted octanol–water partition coefficient (Wildman–Crippen LogP) is 3.96. The van der Waals surface area contributed by atoms with Crippen LogP contribution < -0.4 is 5.32 Å². The number of rotatable bonds is 5. The lowest BCUT2D eigenvalue weighted by atomic mass is 10.0. The molecular weight excluding hydrogens is 296 g/mol. The van der Waals surface area contributed by atoms with Gasteiger partial charge in [0.2, 0.25) is 0 Å². The Labute approximate surface area is 136 Å². The Morgan fingerprint density at radius 3 is 2.86 bits per heavy atom. The first-order valence-corrected chi connectivity index (χ1v) is 8.53. The van der Waals surface area contributed by atoms with Crippen molar-refractivity contribution in [3.8, 4) is 0 Å². The summed E-state index contributed by atoms with van der Waals surface area (Å²) in [5.41, 5.74) is 0.894. The van der Waals surface area contributed by atoms with Crippen molar-refractivity contribution >= 4 is 28.3 Å². The van der Waals surface area contributed by atoms with Gasteiger partial charge in [-0.25, -0.2) is 9.97 Å². The highest BCUT2D eigenvalue weighted by Gasteiger charge is 2.19. The minimum absolute atomic E-state index is 0.492. The molecule has 3 rings (SSSR count). The average Bonchev–Trinajstić information content (AvgIpc) is 2.54. The molecule has 118 valence electrons. The summed E-state index contributed by atoms with van der Waals surface area (Å²) in [5.74, 6) is 0.925. The number of nitrogens with one attached hydrogen (secondary N) is 1. The van der Waals surface area contributed by atoms with E-state index in [1.165, 1.54) is 45.3 Å². The topological polar surface area (TPSA) is 41.0 Å². The molecule has 5 heteroatoms. The highest BCUT2D eigenvalue weighted by molar-refractivity contribution is 6.31. The fourth-order valence-electron chi connectivity index (χ4n) is 3.02. The number of hydrogen-bond acceptors (Lipinski definition) is 4. The number of piperidine rings is 1. The summed E-state index contributed by atoms with van der Waals surface area (Å²) in [6.07, 6.45) is 6.52. The third kappa shape index (κ3) is 3.68. The fraction of sp³-hybridized carbons (Fsp3) is 0.529. The van der Waals surface area contributed by atoms with E-state index >= 15 is 0 Å². The Hall–Kier alpha value is -1.39. The monoisotopic (exact) mass is 318 g/mol. The summed E-state index contributed by atoms with van der Waals surface area (Å²) in [4.78, 5) is 11.3. The Balaban J connectivity index is 1.65. The van der Waals surface area contributed by atoms with E-state index < -0.39 is 0 Å². The molecule has 4 nitrogen and oxygen atoms in total. The maximum atomic E-state index is 6.03. The molecule has 1 aliphatic rings. The van der Waals surface area contributed by atoms with Crippen molar-refractivity contribution in [2.24, 2.45) is 0 Å². The van der Waals surface area contributed by atoms with Crippen molar-refractivity contribution in [3.05, 3.63) is 29.5 Å². The van der Waals surface area contributed by atoms with Crippen molar-refractivity contribution in [1.29, 1.82) is 0 Å². The van der Waals surface area contributed by atoms with Gasteiger partial charge in [-0.05, 0) is 44.0 Å². The zero-order chi connectivity index (χ0) is 15.4. The standard InChI is InChI=1S/C17H23ClN4/c1-2-3-8-22-9-6-14(7-10-22)21-17-15-5-4-13(18)11-16(15)19-12-20-17/h4-5,11-12,14H,2-3,6-10H2,1H3,(H,19,20,21).